The Morgan fingerprint density at radius 2 is 1.85 bits per heavy atom. The van der Waals surface area contributed by atoms with Crippen LogP contribution in [-0.2, 0) is 11.2 Å². The third kappa shape index (κ3) is 6.20. The molecular formula is C17H28N2O. The van der Waals surface area contributed by atoms with Gasteiger partial charge < -0.3 is 10.6 Å². The van der Waals surface area contributed by atoms with Gasteiger partial charge in [-0.2, -0.15) is 0 Å². The topological polar surface area (TPSA) is 41.1 Å². The van der Waals surface area contributed by atoms with Crippen molar-refractivity contribution in [3.05, 3.63) is 35.4 Å². The van der Waals surface area contributed by atoms with Crippen LogP contribution >= 0.6 is 0 Å². The Bertz CT molecular complexity index is 415. The van der Waals surface area contributed by atoms with Gasteiger partial charge in [0, 0.05) is 6.54 Å². The van der Waals surface area contributed by atoms with Crippen LogP contribution in [0.1, 0.15) is 38.3 Å². The summed E-state index contributed by atoms with van der Waals surface area (Å²) in [6.45, 7) is 9.95. The number of carbonyl (C=O) groups is 1. The predicted molar refractivity (Wildman–Crippen MR) is 84.8 cm³/mol. The molecule has 1 aromatic carbocycles. The van der Waals surface area contributed by atoms with E-state index < -0.39 is 0 Å². The second-order valence-corrected chi connectivity index (χ2v) is 5.83. The van der Waals surface area contributed by atoms with Crippen molar-refractivity contribution in [2.45, 2.75) is 46.6 Å². The highest BCUT2D eigenvalue weighted by Gasteiger charge is 2.11. The van der Waals surface area contributed by atoms with Gasteiger partial charge in [0.1, 0.15) is 0 Å². The zero-order chi connectivity index (χ0) is 15.0. The maximum absolute atomic E-state index is 11.9. The minimum Gasteiger partial charge on any atom is -0.355 e. The summed E-state index contributed by atoms with van der Waals surface area (Å²) in [5, 5.41) is 6.26. The van der Waals surface area contributed by atoms with Crippen LogP contribution in [0.4, 0.5) is 0 Å². The molecule has 1 aromatic rings. The SMILES string of the molecule is Cc1ccccc1CCNC(C)C(=O)NCCC(C)C. The average Bonchev–Trinajstić information content (AvgIpc) is 2.40. The third-order valence-corrected chi connectivity index (χ3v) is 3.52. The fourth-order valence-corrected chi connectivity index (χ4v) is 2.04. The van der Waals surface area contributed by atoms with E-state index >= 15 is 0 Å². The lowest BCUT2D eigenvalue weighted by atomic mass is 10.1. The second-order valence-electron chi connectivity index (χ2n) is 5.83. The van der Waals surface area contributed by atoms with Crippen molar-refractivity contribution >= 4 is 5.91 Å². The Kier molecular flexibility index (Phi) is 7.31. The highest BCUT2D eigenvalue weighted by Crippen LogP contribution is 2.06. The number of aryl methyl sites for hydroxylation is 1. The Hall–Kier alpha value is -1.35. The van der Waals surface area contributed by atoms with Crippen molar-refractivity contribution in [1.29, 1.82) is 0 Å². The molecule has 0 aliphatic carbocycles. The summed E-state index contributed by atoms with van der Waals surface area (Å²) >= 11 is 0. The molecule has 0 aliphatic heterocycles. The number of rotatable bonds is 8. The highest BCUT2D eigenvalue weighted by molar-refractivity contribution is 5.81. The van der Waals surface area contributed by atoms with E-state index in [-0.39, 0.29) is 11.9 Å². The first-order chi connectivity index (χ1) is 9.50. The molecule has 1 unspecified atom stereocenters. The van der Waals surface area contributed by atoms with E-state index in [1.807, 2.05) is 6.92 Å². The lowest BCUT2D eigenvalue weighted by Crippen LogP contribution is -2.43. The first-order valence-electron chi connectivity index (χ1n) is 7.56. The molecule has 0 aromatic heterocycles. The molecule has 0 spiro atoms. The molecule has 0 heterocycles. The minimum absolute atomic E-state index is 0.0930. The molecule has 20 heavy (non-hydrogen) atoms. The molecule has 0 saturated carbocycles. The largest absolute Gasteiger partial charge is 0.355 e. The van der Waals surface area contributed by atoms with Gasteiger partial charge in [-0.1, -0.05) is 38.1 Å². The van der Waals surface area contributed by atoms with Gasteiger partial charge in [0.15, 0.2) is 0 Å². The van der Waals surface area contributed by atoms with Crippen LogP contribution in [0.5, 0.6) is 0 Å². The average molecular weight is 276 g/mol. The Labute approximate surface area is 123 Å². The van der Waals surface area contributed by atoms with Crippen LogP contribution in [0.15, 0.2) is 24.3 Å². The molecule has 2 N–H and O–H groups in total. The monoisotopic (exact) mass is 276 g/mol. The summed E-state index contributed by atoms with van der Waals surface area (Å²) < 4.78 is 0. The normalized spacial score (nSPS) is 12.4. The summed E-state index contributed by atoms with van der Waals surface area (Å²) in [5.41, 5.74) is 2.65. The molecule has 1 atom stereocenters. The molecule has 0 saturated heterocycles. The predicted octanol–water partition coefficient (Wildman–Crippen LogP) is 2.68. The number of carbonyl (C=O) groups excluding carboxylic acids is 1. The molecule has 1 rings (SSSR count). The van der Waals surface area contributed by atoms with Crippen LogP contribution in [0.2, 0.25) is 0 Å². The lowest BCUT2D eigenvalue weighted by molar-refractivity contribution is -0.122. The molecule has 3 nitrogen and oxygen atoms in total. The van der Waals surface area contributed by atoms with E-state index in [1.165, 1.54) is 11.1 Å². The molecule has 0 bridgehead atoms. The molecule has 112 valence electrons. The van der Waals surface area contributed by atoms with Gasteiger partial charge in [-0.15, -0.1) is 0 Å². The van der Waals surface area contributed by atoms with Gasteiger partial charge in [0.05, 0.1) is 6.04 Å². The van der Waals surface area contributed by atoms with Gasteiger partial charge in [-0.05, 0) is 50.3 Å². The van der Waals surface area contributed by atoms with Crippen LogP contribution in [0.3, 0.4) is 0 Å². The quantitative estimate of drug-likeness (QED) is 0.766. The first kappa shape index (κ1) is 16.7. The van der Waals surface area contributed by atoms with Crippen molar-refractivity contribution in [2.24, 2.45) is 5.92 Å². The molecule has 0 fully saturated rings. The Morgan fingerprint density at radius 3 is 2.50 bits per heavy atom. The van der Waals surface area contributed by atoms with E-state index in [2.05, 4.69) is 55.7 Å². The number of hydrogen-bond acceptors (Lipinski definition) is 2. The summed E-state index contributed by atoms with van der Waals surface area (Å²) in [4.78, 5) is 11.9. The van der Waals surface area contributed by atoms with Gasteiger partial charge in [0.2, 0.25) is 5.91 Å². The highest BCUT2D eigenvalue weighted by atomic mass is 16.2. The van der Waals surface area contributed by atoms with E-state index in [0.29, 0.717) is 5.92 Å². The number of nitrogens with one attached hydrogen (secondary N) is 2. The minimum atomic E-state index is -0.133. The first-order valence-corrected chi connectivity index (χ1v) is 7.56. The zero-order valence-electron chi connectivity index (χ0n) is 13.2. The molecular weight excluding hydrogens is 248 g/mol. The van der Waals surface area contributed by atoms with Gasteiger partial charge in [-0.25, -0.2) is 0 Å². The van der Waals surface area contributed by atoms with Crippen molar-refractivity contribution in [2.75, 3.05) is 13.1 Å². The van der Waals surface area contributed by atoms with Crippen LogP contribution in [0, 0.1) is 12.8 Å². The van der Waals surface area contributed by atoms with E-state index in [9.17, 15) is 4.79 Å². The Balaban J connectivity index is 2.24. The van der Waals surface area contributed by atoms with Crippen molar-refractivity contribution in [1.82, 2.24) is 10.6 Å². The van der Waals surface area contributed by atoms with E-state index in [1.54, 1.807) is 0 Å². The van der Waals surface area contributed by atoms with Gasteiger partial charge in [-0.3, -0.25) is 4.79 Å². The molecule has 1 amide bonds. The molecule has 3 heteroatoms. The standard InChI is InChI=1S/C17H28N2O/c1-13(2)9-11-19-17(20)15(4)18-12-10-16-8-6-5-7-14(16)3/h5-8,13,15,18H,9-12H2,1-4H3,(H,19,20). The van der Waals surface area contributed by atoms with Crippen molar-refractivity contribution in [3.63, 3.8) is 0 Å². The van der Waals surface area contributed by atoms with Crippen molar-refractivity contribution < 1.29 is 4.79 Å². The summed E-state index contributed by atoms with van der Waals surface area (Å²) in [5.74, 6) is 0.718. The number of hydrogen-bond donors (Lipinski definition) is 2. The smallest absolute Gasteiger partial charge is 0.236 e. The van der Waals surface area contributed by atoms with Crippen LogP contribution < -0.4 is 10.6 Å². The summed E-state index contributed by atoms with van der Waals surface area (Å²) in [6, 6.07) is 8.25. The van der Waals surface area contributed by atoms with Gasteiger partial charge >= 0.3 is 0 Å². The van der Waals surface area contributed by atoms with E-state index in [0.717, 1.165) is 25.9 Å². The molecule has 0 radical (unpaired) electrons. The maximum atomic E-state index is 11.9. The zero-order valence-corrected chi connectivity index (χ0v) is 13.2. The fourth-order valence-electron chi connectivity index (χ4n) is 2.04. The lowest BCUT2D eigenvalue weighted by Gasteiger charge is -2.15. The maximum Gasteiger partial charge on any atom is 0.236 e. The van der Waals surface area contributed by atoms with Crippen LogP contribution in [-0.4, -0.2) is 25.0 Å². The number of amides is 1. The molecule has 0 aliphatic rings. The Morgan fingerprint density at radius 1 is 1.15 bits per heavy atom. The van der Waals surface area contributed by atoms with Crippen LogP contribution in [0.25, 0.3) is 0 Å². The summed E-state index contributed by atoms with van der Waals surface area (Å²) in [6.07, 6.45) is 1.98. The second kappa shape index (κ2) is 8.75. The van der Waals surface area contributed by atoms with Gasteiger partial charge in [0.25, 0.3) is 0 Å². The number of benzene rings is 1. The van der Waals surface area contributed by atoms with E-state index in [4.69, 9.17) is 0 Å². The summed E-state index contributed by atoms with van der Waals surface area (Å²) in [7, 11) is 0. The fraction of sp³-hybridized carbons (Fsp3) is 0.588. The third-order valence-electron chi connectivity index (χ3n) is 3.52. The van der Waals surface area contributed by atoms with Crippen molar-refractivity contribution in [3.8, 4) is 0 Å².